The molecule has 15 heavy (non-hydrogen) atoms. The van der Waals surface area contributed by atoms with Gasteiger partial charge in [0.2, 0.25) is 0 Å². The summed E-state index contributed by atoms with van der Waals surface area (Å²) in [6, 6.07) is 1.54. The number of hydrogen-bond donors (Lipinski definition) is 1. The zero-order valence-electron chi connectivity index (χ0n) is 10.7. The van der Waals surface area contributed by atoms with Crippen molar-refractivity contribution in [1.82, 2.24) is 0 Å². The van der Waals surface area contributed by atoms with Crippen LogP contribution in [0.25, 0.3) is 0 Å². The fraction of sp³-hybridized carbons (Fsp3) is 1.00. The molecule has 2 unspecified atom stereocenters. The largest absolute Gasteiger partial charge is 0.357 e. The summed E-state index contributed by atoms with van der Waals surface area (Å²) in [4.78, 5) is 0. The van der Waals surface area contributed by atoms with Gasteiger partial charge in [-0.2, -0.15) is 0 Å². The molecular formula is C11H27NO2Si. The van der Waals surface area contributed by atoms with Gasteiger partial charge in [0.1, 0.15) is 5.91 Å². The Balaban J connectivity index is 3.76. The van der Waals surface area contributed by atoms with E-state index in [1.165, 1.54) is 6.04 Å². The van der Waals surface area contributed by atoms with Crippen LogP contribution in [0.2, 0.25) is 6.04 Å². The molecule has 0 spiro atoms. The van der Waals surface area contributed by atoms with Crippen molar-refractivity contribution in [3.63, 3.8) is 0 Å². The van der Waals surface area contributed by atoms with Gasteiger partial charge >= 0.3 is 0 Å². The third-order valence-corrected chi connectivity index (χ3v) is 4.95. The Morgan fingerprint density at radius 2 is 1.67 bits per heavy atom. The van der Waals surface area contributed by atoms with Crippen molar-refractivity contribution in [1.29, 1.82) is 0 Å². The second-order valence-electron chi connectivity index (χ2n) is 3.97. The molecule has 0 aliphatic heterocycles. The molecule has 0 saturated carbocycles. The van der Waals surface area contributed by atoms with Crippen molar-refractivity contribution in [3.8, 4) is 0 Å². The number of ether oxygens (including phenoxy) is 2. The molecule has 3 nitrogen and oxygen atoms in total. The summed E-state index contributed by atoms with van der Waals surface area (Å²) < 4.78 is 11.1. The molecule has 0 amide bonds. The molecule has 0 bridgehead atoms. The zero-order valence-corrected chi connectivity index (χ0v) is 12.1. The lowest BCUT2D eigenvalue weighted by Gasteiger charge is -2.21. The smallest absolute Gasteiger partial charge is 0.134 e. The molecule has 0 fully saturated rings. The van der Waals surface area contributed by atoms with Crippen LogP contribution in [-0.2, 0) is 9.47 Å². The van der Waals surface area contributed by atoms with E-state index in [0.717, 1.165) is 19.6 Å². The number of nitrogens with two attached hydrogens (primary N) is 1. The Labute approximate surface area is 96.5 Å². The standard InChI is InChI=1S/C11H27NO2Si/c1-5-10(12)9(4)8-15-11(13-6-2)14-7-3/h9-11H,5-8,12,15H2,1-4H3. The predicted molar refractivity (Wildman–Crippen MR) is 67.8 cm³/mol. The molecule has 92 valence electrons. The van der Waals surface area contributed by atoms with E-state index in [1.807, 2.05) is 13.8 Å². The fourth-order valence-corrected chi connectivity index (χ4v) is 3.63. The van der Waals surface area contributed by atoms with Crippen LogP contribution in [0.4, 0.5) is 0 Å². The normalized spacial score (nSPS) is 16.4. The molecule has 0 aromatic heterocycles. The van der Waals surface area contributed by atoms with E-state index in [4.69, 9.17) is 15.2 Å². The Kier molecular flexibility index (Phi) is 9.39. The third kappa shape index (κ3) is 7.06. The van der Waals surface area contributed by atoms with Crippen molar-refractivity contribution in [2.45, 2.75) is 52.1 Å². The highest BCUT2D eigenvalue weighted by molar-refractivity contribution is 6.36. The maximum atomic E-state index is 5.99. The van der Waals surface area contributed by atoms with E-state index < -0.39 is 0 Å². The van der Waals surface area contributed by atoms with Crippen molar-refractivity contribution in [2.75, 3.05) is 13.2 Å². The van der Waals surface area contributed by atoms with E-state index in [-0.39, 0.29) is 15.4 Å². The maximum absolute atomic E-state index is 5.99. The van der Waals surface area contributed by atoms with E-state index in [0.29, 0.717) is 12.0 Å². The predicted octanol–water partition coefficient (Wildman–Crippen LogP) is 1.30. The Morgan fingerprint density at radius 3 is 2.07 bits per heavy atom. The van der Waals surface area contributed by atoms with Crippen LogP contribution in [0.15, 0.2) is 0 Å². The minimum atomic E-state index is -0.321. The first-order chi connectivity index (χ1) is 7.15. The molecule has 2 N–H and O–H groups in total. The topological polar surface area (TPSA) is 44.5 Å². The van der Waals surface area contributed by atoms with Gasteiger partial charge in [-0.3, -0.25) is 0 Å². The highest BCUT2D eigenvalue weighted by Crippen LogP contribution is 2.11. The fourth-order valence-electron chi connectivity index (χ4n) is 1.60. The molecule has 0 aromatic rings. The summed E-state index contributed by atoms with van der Waals surface area (Å²) in [7, 11) is -0.321. The number of hydrogen-bond acceptors (Lipinski definition) is 3. The quantitative estimate of drug-likeness (QED) is 0.482. The highest BCUT2D eigenvalue weighted by atomic mass is 28.2. The zero-order chi connectivity index (χ0) is 11.7. The van der Waals surface area contributed by atoms with Crippen molar-refractivity contribution >= 4 is 9.52 Å². The molecule has 0 aliphatic carbocycles. The van der Waals surface area contributed by atoms with Gasteiger partial charge in [0.25, 0.3) is 0 Å². The first kappa shape index (κ1) is 15.1. The lowest BCUT2D eigenvalue weighted by atomic mass is 10.0. The van der Waals surface area contributed by atoms with Crippen LogP contribution in [0.5, 0.6) is 0 Å². The number of rotatable bonds is 9. The van der Waals surface area contributed by atoms with Crippen LogP contribution in [0, 0.1) is 5.92 Å². The van der Waals surface area contributed by atoms with E-state index in [2.05, 4.69) is 13.8 Å². The molecule has 0 rings (SSSR count). The van der Waals surface area contributed by atoms with Gasteiger partial charge in [0.05, 0.1) is 9.52 Å². The van der Waals surface area contributed by atoms with Crippen LogP contribution in [0.3, 0.4) is 0 Å². The molecule has 0 saturated heterocycles. The lowest BCUT2D eigenvalue weighted by molar-refractivity contribution is -0.0829. The highest BCUT2D eigenvalue weighted by Gasteiger charge is 2.15. The van der Waals surface area contributed by atoms with Gasteiger partial charge in [-0.15, -0.1) is 0 Å². The average molecular weight is 233 g/mol. The minimum absolute atomic E-state index is 0.0894. The monoisotopic (exact) mass is 233 g/mol. The van der Waals surface area contributed by atoms with Crippen LogP contribution >= 0.6 is 0 Å². The van der Waals surface area contributed by atoms with Crippen molar-refractivity contribution < 1.29 is 9.47 Å². The van der Waals surface area contributed by atoms with Crippen LogP contribution in [0.1, 0.15) is 34.1 Å². The molecule has 0 aromatic carbocycles. The van der Waals surface area contributed by atoms with Gasteiger partial charge < -0.3 is 15.2 Å². The first-order valence-corrected chi connectivity index (χ1v) is 7.96. The molecular weight excluding hydrogens is 206 g/mol. The summed E-state index contributed by atoms with van der Waals surface area (Å²) in [6.07, 6.45) is 1.06. The van der Waals surface area contributed by atoms with Gasteiger partial charge in [-0.25, -0.2) is 0 Å². The van der Waals surface area contributed by atoms with E-state index >= 15 is 0 Å². The Hall–Kier alpha value is 0.0969. The summed E-state index contributed by atoms with van der Waals surface area (Å²) in [5.41, 5.74) is 5.99. The van der Waals surface area contributed by atoms with Gasteiger partial charge in [0, 0.05) is 19.3 Å². The van der Waals surface area contributed by atoms with Gasteiger partial charge in [-0.05, 0) is 26.2 Å². The van der Waals surface area contributed by atoms with E-state index in [9.17, 15) is 0 Å². The van der Waals surface area contributed by atoms with Crippen LogP contribution in [-0.4, -0.2) is 34.7 Å². The average Bonchev–Trinajstić information content (AvgIpc) is 2.25. The molecule has 0 aliphatic rings. The summed E-state index contributed by atoms with van der Waals surface area (Å²) in [5.74, 6) is 0.691. The third-order valence-electron chi connectivity index (χ3n) is 2.77. The Bertz CT molecular complexity index is 141. The van der Waals surface area contributed by atoms with E-state index in [1.54, 1.807) is 0 Å². The minimum Gasteiger partial charge on any atom is -0.357 e. The van der Waals surface area contributed by atoms with Gasteiger partial charge in [-0.1, -0.05) is 19.9 Å². The lowest BCUT2D eigenvalue weighted by Crippen LogP contribution is -2.32. The van der Waals surface area contributed by atoms with Crippen LogP contribution < -0.4 is 5.73 Å². The molecule has 0 heterocycles. The molecule has 4 heteroatoms. The van der Waals surface area contributed by atoms with Crippen molar-refractivity contribution in [2.24, 2.45) is 11.7 Å². The first-order valence-electron chi connectivity index (χ1n) is 6.14. The van der Waals surface area contributed by atoms with Crippen molar-refractivity contribution in [3.05, 3.63) is 0 Å². The molecule has 2 atom stereocenters. The van der Waals surface area contributed by atoms with Gasteiger partial charge in [0.15, 0.2) is 0 Å². The second-order valence-corrected chi connectivity index (χ2v) is 5.79. The Morgan fingerprint density at radius 1 is 1.13 bits per heavy atom. The summed E-state index contributed by atoms with van der Waals surface area (Å²) >= 11 is 0. The SMILES string of the molecule is CCOC(OCC)[SiH2]CC(C)C(N)CC. The summed E-state index contributed by atoms with van der Waals surface area (Å²) in [6.45, 7) is 9.89. The molecule has 0 radical (unpaired) electrons. The second kappa shape index (κ2) is 9.33. The summed E-state index contributed by atoms with van der Waals surface area (Å²) in [5, 5.41) is 0. The maximum Gasteiger partial charge on any atom is 0.134 e.